The van der Waals surface area contributed by atoms with Crippen LogP contribution < -0.4 is 24.4 Å². The molecule has 0 saturated carbocycles. The number of methoxy groups -OCH3 is 1. The van der Waals surface area contributed by atoms with E-state index >= 15 is 0 Å². The minimum Gasteiger partial charge on any atom is -0.497 e. The van der Waals surface area contributed by atoms with Crippen molar-refractivity contribution in [1.29, 1.82) is 0 Å². The molecule has 0 heterocycles. The highest BCUT2D eigenvalue weighted by Crippen LogP contribution is 2.24. The second-order valence-electron chi connectivity index (χ2n) is 8.54. The number of carbonyl (C=O) groups is 2. The van der Waals surface area contributed by atoms with E-state index in [2.05, 4.69) is 26.5 Å². The Morgan fingerprint density at radius 3 is 2.27 bits per heavy atom. The fourth-order valence-electron chi connectivity index (χ4n) is 3.47. The number of hydrogen-bond acceptors (Lipinski definition) is 7. The molecule has 40 heavy (non-hydrogen) atoms. The highest BCUT2D eigenvalue weighted by molar-refractivity contribution is 9.10. The standard InChI is InChI=1S/C31H27BrN2O6/c1-21(39-28-15-13-27(14-16-28)38-20-22-6-4-3-5-7-22)30(35)34-33-19-24-18-25(32)10-17-29(24)40-31(36)23-8-11-26(37-2)12-9-23/h3-19,21H,20H2,1-2H3,(H,34,35). The first-order valence-corrected chi connectivity index (χ1v) is 13.1. The average molecular weight is 603 g/mol. The van der Waals surface area contributed by atoms with Crippen LogP contribution in [0.5, 0.6) is 23.0 Å². The molecule has 0 spiro atoms. The molecule has 4 aromatic carbocycles. The number of rotatable bonds is 11. The van der Waals surface area contributed by atoms with Crippen LogP contribution in [0.15, 0.2) is 107 Å². The molecule has 0 aliphatic heterocycles. The molecule has 4 rings (SSSR count). The van der Waals surface area contributed by atoms with Crippen molar-refractivity contribution in [2.45, 2.75) is 19.6 Å². The van der Waals surface area contributed by atoms with Crippen LogP contribution in [0, 0.1) is 0 Å². The molecule has 0 aliphatic rings. The van der Waals surface area contributed by atoms with Crippen molar-refractivity contribution in [2.75, 3.05) is 7.11 Å². The van der Waals surface area contributed by atoms with Gasteiger partial charge >= 0.3 is 5.97 Å². The molecule has 1 N–H and O–H groups in total. The molecular weight excluding hydrogens is 576 g/mol. The van der Waals surface area contributed by atoms with Gasteiger partial charge in [0.1, 0.15) is 29.6 Å². The van der Waals surface area contributed by atoms with E-state index in [4.69, 9.17) is 18.9 Å². The molecule has 9 heteroatoms. The number of benzene rings is 4. The number of halogens is 1. The van der Waals surface area contributed by atoms with Crippen molar-refractivity contribution in [1.82, 2.24) is 5.43 Å². The maximum atomic E-state index is 12.6. The Morgan fingerprint density at radius 2 is 1.57 bits per heavy atom. The summed E-state index contributed by atoms with van der Waals surface area (Å²) in [6.07, 6.45) is 0.577. The normalized spacial score (nSPS) is 11.5. The third-order valence-corrected chi connectivity index (χ3v) is 6.13. The topological polar surface area (TPSA) is 95.5 Å². The maximum absolute atomic E-state index is 12.6. The summed E-state index contributed by atoms with van der Waals surface area (Å²) in [7, 11) is 1.55. The van der Waals surface area contributed by atoms with E-state index in [1.54, 1.807) is 80.8 Å². The largest absolute Gasteiger partial charge is 0.497 e. The highest BCUT2D eigenvalue weighted by atomic mass is 79.9. The van der Waals surface area contributed by atoms with Gasteiger partial charge in [0.2, 0.25) is 0 Å². The van der Waals surface area contributed by atoms with Crippen molar-refractivity contribution in [3.8, 4) is 23.0 Å². The minimum absolute atomic E-state index is 0.279. The summed E-state index contributed by atoms with van der Waals surface area (Å²) in [5.41, 5.74) is 4.37. The Morgan fingerprint density at radius 1 is 0.900 bits per heavy atom. The van der Waals surface area contributed by atoms with Crippen molar-refractivity contribution >= 4 is 34.0 Å². The predicted molar refractivity (Wildman–Crippen MR) is 155 cm³/mol. The van der Waals surface area contributed by atoms with Crippen molar-refractivity contribution in [3.63, 3.8) is 0 Å². The van der Waals surface area contributed by atoms with E-state index in [0.717, 1.165) is 10.0 Å². The first-order chi connectivity index (χ1) is 19.4. The summed E-state index contributed by atoms with van der Waals surface area (Å²) in [5, 5.41) is 4.02. The quantitative estimate of drug-likeness (QED) is 0.0954. The molecule has 8 nitrogen and oxygen atoms in total. The zero-order valence-electron chi connectivity index (χ0n) is 21.9. The van der Waals surface area contributed by atoms with Gasteiger partial charge in [-0.25, -0.2) is 10.2 Å². The molecule has 1 atom stereocenters. The molecule has 0 radical (unpaired) electrons. The van der Waals surface area contributed by atoms with Gasteiger partial charge in [-0.05, 0) is 79.2 Å². The predicted octanol–water partition coefficient (Wildman–Crippen LogP) is 6.17. The van der Waals surface area contributed by atoms with Gasteiger partial charge in [-0.3, -0.25) is 4.79 Å². The first-order valence-electron chi connectivity index (χ1n) is 12.3. The van der Waals surface area contributed by atoms with Gasteiger partial charge in [0, 0.05) is 10.0 Å². The van der Waals surface area contributed by atoms with Crippen LogP contribution in [-0.4, -0.2) is 31.3 Å². The number of carbonyl (C=O) groups excluding carboxylic acids is 2. The Hall–Kier alpha value is -4.63. The zero-order chi connectivity index (χ0) is 28.3. The van der Waals surface area contributed by atoms with E-state index in [-0.39, 0.29) is 5.75 Å². The molecule has 0 fully saturated rings. The van der Waals surface area contributed by atoms with Gasteiger partial charge in [0.25, 0.3) is 5.91 Å². The SMILES string of the molecule is COc1ccc(C(=O)Oc2ccc(Br)cc2C=NNC(=O)C(C)Oc2ccc(OCc3ccccc3)cc2)cc1. The van der Waals surface area contributed by atoms with E-state index in [0.29, 0.717) is 35.0 Å². The summed E-state index contributed by atoms with van der Waals surface area (Å²) in [4.78, 5) is 25.2. The van der Waals surface area contributed by atoms with Crippen molar-refractivity contribution in [2.24, 2.45) is 5.10 Å². The van der Waals surface area contributed by atoms with Crippen LogP contribution >= 0.6 is 15.9 Å². The smallest absolute Gasteiger partial charge is 0.343 e. The maximum Gasteiger partial charge on any atom is 0.343 e. The van der Waals surface area contributed by atoms with Crippen molar-refractivity contribution < 1.29 is 28.5 Å². The highest BCUT2D eigenvalue weighted by Gasteiger charge is 2.15. The summed E-state index contributed by atoms with van der Waals surface area (Å²) >= 11 is 3.40. The molecule has 0 saturated heterocycles. The Balaban J connectivity index is 1.31. The van der Waals surface area contributed by atoms with Crippen LogP contribution in [0.2, 0.25) is 0 Å². The van der Waals surface area contributed by atoms with Gasteiger partial charge in [-0.2, -0.15) is 5.10 Å². The number of nitrogens with one attached hydrogen (secondary N) is 1. The third kappa shape index (κ3) is 8.18. The summed E-state index contributed by atoms with van der Waals surface area (Å²) in [6.45, 7) is 2.07. The van der Waals surface area contributed by atoms with Crippen LogP contribution in [0.4, 0.5) is 0 Å². The first kappa shape index (κ1) is 28.4. The molecule has 0 aliphatic carbocycles. The number of nitrogens with zero attached hydrogens (tertiary/aromatic N) is 1. The molecule has 1 amide bonds. The third-order valence-electron chi connectivity index (χ3n) is 5.63. The van der Waals surface area contributed by atoms with Crippen LogP contribution in [0.25, 0.3) is 0 Å². The lowest BCUT2D eigenvalue weighted by atomic mass is 10.2. The fourth-order valence-corrected chi connectivity index (χ4v) is 3.85. The van der Waals surface area contributed by atoms with Crippen LogP contribution in [-0.2, 0) is 11.4 Å². The lowest BCUT2D eigenvalue weighted by Crippen LogP contribution is -2.33. The second-order valence-corrected chi connectivity index (χ2v) is 9.46. The zero-order valence-corrected chi connectivity index (χ0v) is 23.5. The van der Waals surface area contributed by atoms with E-state index < -0.39 is 18.0 Å². The Kier molecular flexibility index (Phi) is 9.90. The van der Waals surface area contributed by atoms with Gasteiger partial charge in [0.05, 0.1) is 18.9 Å². The number of hydrazone groups is 1. The summed E-state index contributed by atoms with van der Waals surface area (Å²) in [5.74, 6) is 1.12. The lowest BCUT2D eigenvalue weighted by molar-refractivity contribution is -0.127. The molecular formula is C31H27BrN2O6. The summed E-state index contributed by atoms with van der Waals surface area (Å²) in [6, 6.07) is 28.6. The van der Waals surface area contributed by atoms with Gasteiger partial charge in [0.15, 0.2) is 6.10 Å². The van der Waals surface area contributed by atoms with E-state index in [1.165, 1.54) is 6.21 Å². The van der Waals surface area contributed by atoms with E-state index in [9.17, 15) is 9.59 Å². The monoisotopic (exact) mass is 602 g/mol. The molecule has 0 bridgehead atoms. The molecule has 1 unspecified atom stereocenters. The fraction of sp³-hybridized carbons (Fsp3) is 0.129. The number of esters is 1. The number of hydrogen-bond donors (Lipinski definition) is 1. The van der Waals surface area contributed by atoms with E-state index in [1.807, 2.05) is 30.3 Å². The Bertz CT molecular complexity index is 1460. The number of ether oxygens (including phenoxy) is 4. The van der Waals surface area contributed by atoms with Gasteiger partial charge in [-0.15, -0.1) is 0 Å². The van der Waals surface area contributed by atoms with Crippen LogP contribution in [0.1, 0.15) is 28.4 Å². The van der Waals surface area contributed by atoms with Gasteiger partial charge in [-0.1, -0.05) is 46.3 Å². The summed E-state index contributed by atoms with van der Waals surface area (Å²) < 4.78 is 22.9. The average Bonchev–Trinajstić information content (AvgIpc) is 2.98. The van der Waals surface area contributed by atoms with Crippen LogP contribution in [0.3, 0.4) is 0 Å². The number of amides is 1. The lowest BCUT2D eigenvalue weighted by Gasteiger charge is -2.14. The Labute approximate surface area is 240 Å². The van der Waals surface area contributed by atoms with Crippen molar-refractivity contribution in [3.05, 3.63) is 118 Å². The van der Waals surface area contributed by atoms with Gasteiger partial charge < -0.3 is 18.9 Å². The molecule has 0 aromatic heterocycles. The molecule has 204 valence electrons. The molecule has 4 aromatic rings. The minimum atomic E-state index is -0.817. The second kappa shape index (κ2) is 14.0.